The maximum absolute atomic E-state index is 6.17. The molecule has 0 amide bonds. The lowest BCUT2D eigenvalue weighted by Gasteiger charge is -2.14. The molecule has 2 unspecified atom stereocenters. The van der Waals surface area contributed by atoms with E-state index in [0.29, 0.717) is 11.8 Å². The molecule has 1 aromatic carbocycles. The highest BCUT2D eigenvalue weighted by atomic mass is 16.5. The van der Waals surface area contributed by atoms with Crippen molar-refractivity contribution in [3.05, 3.63) is 34.7 Å². The lowest BCUT2D eigenvalue weighted by Crippen LogP contribution is -2.36. The molecule has 1 aromatic rings. The molecule has 1 saturated carbocycles. The van der Waals surface area contributed by atoms with Crippen LogP contribution in [-0.2, 0) is 4.74 Å². The van der Waals surface area contributed by atoms with Gasteiger partial charge in [0.15, 0.2) is 0 Å². The van der Waals surface area contributed by atoms with Crippen LogP contribution in [0.25, 0.3) is 11.5 Å². The van der Waals surface area contributed by atoms with Gasteiger partial charge in [0.2, 0.25) is 0 Å². The normalized spacial score (nSPS) is 26.1. The van der Waals surface area contributed by atoms with Crippen molar-refractivity contribution >= 4 is 11.5 Å². The van der Waals surface area contributed by atoms with Crippen molar-refractivity contribution < 1.29 is 6.16 Å². The fourth-order valence-electron chi connectivity index (χ4n) is 2.57. The Morgan fingerprint density at radius 3 is 2.81 bits per heavy atom. The van der Waals surface area contributed by atoms with Crippen LogP contribution in [0.15, 0.2) is 24.3 Å². The van der Waals surface area contributed by atoms with Gasteiger partial charge in [-0.15, -0.1) is 0 Å². The van der Waals surface area contributed by atoms with Crippen LogP contribution in [0, 0.1) is 11.8 Å². The van der Waals surface area contributed by atoms with Crippen LogP contribution in [0.2, 0.25) is 0 Å². The van der Waals surface area contributed by atoms with Gasteiger partial charge in [0.25, 0.3) is 0 Å². The van der Waals surface area contributed by atoms with Crippen molar-refractivity contribution in [2.24, 2.45) is 17.6 Å². The van der Waals surface area contributed by atoms with E-state index in [9.17, 15) is 0 Å². The molecule has 2 aliphatic rings. The van der Waals surface area contributed by atoms with E-state index < -0.39 is 0 Å². The molecule has 2 aliphatic carbocycles. The Balaban J connectivity index is 0.00000108. The van der Waals surface area contributed by atoms with Crippen LogP contribution in [0.3, 0.4) is 0 Å². The average Bonchev–Trinajstić information content (AvgIpc) is 3.09. The first-order valence-corrected chi connectivity index (χ1v) is 6.04. The molecule has 0 heterocycles. The molecule has 1 fully saturated rings. The van der Waals surface area contributed by atoms with E-state index in [1.807, 2.05) is 6.07 Å². The monoisotopic (exact) mass is 217 g/mol. The van der Waals surface area contributed by atoms with Crippen LogP contribution in [0.4, 0.5) is 0 Å². The lowest BCUT2D eigenvalue weighted by atomic mass is 10.0. The molecule has 0 spiro atoms. The molecule has 0 aromatic heterocycles. The summed E-state index contributed by atoms with van der Waals surface area (Å²) >= 11 is 0. The molecule has 0 bridgehead atoms. The molecular formula is C14H19NO. The van der Waals surface area contributed by atoms with E-state index in [4.69, 9.17) is 10.5 Å². The number of ether oxygens (including phenoxy) is 1. The summed E-state index contributed by atoms with van der Waals surface area (Å²) in [5.74, 6) is 2.28. The summed E-state index contributed by atoms with van der Waals surface area (Å²) in [7, 11) is 0. The zero-order valence-corrected chi connectivity index (χ0v) is 9.57. The minimum atomic E-state index is 0. The van der Waals surface area contributed by atoms with Gasteiger partial charge in [-0.2, -0.15) is 0 Å². The number of hydrogen-bond acceptors (Lipinski definition) is 2. The molecule has 2 nitrogen and oxygen atoms in total. The Labute approximate surface area is 96.9 Å². The van der Waals surface area contributed by atoms with Gasteiger partial charge in [0.05, 0.1) is 6.61 Å². The second kappa shape index (κ2) is 3.55. The number of benzene rings is 1. The van der Waals surface area contributed by atoms with Crippen molar-refractivity contribution in [1.82, 2.24) is 0 Å². The summed E-state index contributed by atoms with van der Waals surface area (Å²) in [5, 5.41) is 2.40. The molecule has 0 saturated heterocycles. The Kier molecular flexibility index (Phi) is 2.16. The Morgan fingerprint density at radius 1 is 1.31 bits per heavy atom. The van der Waals surface area contributed by atoms with Crippen molar-refractivity contribution in [1.29, 1.82) is 0 Å². The summed E-state index contributed by atoms with van der Waals surface area (Å²) in [6, 6.07) is 8.34. The Morgan fingerprint density at radius 2 is 2.06 bits per heavy atom. The van der Waals surface area contributed by atoms with E-state index in [1.54, 1.807) is 0 Å². The topological polar surface area (TPSA) is 35.2 Å². The highest BCUT2D eigenvalue weighted by Crippen LogP contribution is 2.49. The fourth-order valence-corrected chi connectivity index (χ4v) is 2.57. The van der Waals surface area contributed by atoms with Gasteiger partial charge < -0.3 is 10.5 Å². The van der Waals surface area contributed by atoms with Crippen molar-refractivity contribution in [2.45, 2.75) is 19.8 Å². The molecule has 86 valence electrons. The van der Waals surface area contributed by atoms with Crippen molar-refractivity contribution in [3.8, 4) is 0 Å². The Hall–Kier alpha value is -1.44. The molecule has 2 atom stereocenters. The third kappa shape index (κ3) is 1.33. The summed E-state index contributed by atoms with van der Waals surface area (Å²) in [6.45, 7) is 2.95. The largest absolute Gasteiger partial charge is 0.497 e. The predicted molar refractivity (Wildman–Crippen MR) is 66.6 cm³/mol. The number of hydrogen-bond donors (Lipinski definition) is 1. The van der Waals surface area contributed by atoms with Crippen molar-refractivity contribution in [2.75, 3.05) is 6.61 Å². The zero-order chi connectivity index (χ0) is 11.1. The fraction of sp³-hybridized carbons (Fsp3) is 0.429. The van der Waals surface area contributed by atoms with Crippen LogP contribution in [0.5, 0.6) is 0 Å². The molecule has 2 heteroatoms. The minimum Gasteiger partial charge on any atom is -0.497 e. The maximum Gasteiger partial charge on any atom is 0.108 e. The van der Waals surface area contributed by atoms with E-state index in [1.165, 1.54) is 22.6 Å². The summed E-state index contributed by atoms with van der Waals surface area (Å²) in [5.41, 5.74) is 7.23. The maximum atomic E-state index is 6.17. The third-order valence-corrected chi connectivity index (χ3v) is 3.49. The zero-order valence-electron chi connectivity index (χ0n) is 9.57. The van der Waals surface area contributed by atoms with Gasteiger partial charge in [-0.1, -0.05) is 31.2 Å². The lowest BCUT2D eigenvalue weighted by molar-refractivity contribution is 0.256. The van der Waals surface area contributed by atoms with E-state index >= 15 is 0 Å². The minimum absolute atomic E-state index is 0. The predicted octanol–water partition coefficient (Wildman–Crippen LogP) is 1.18. The van der Waals surface area contributed by atoms with Crippen molar-refractivity contribution in [3.63, 3.8) is 0 Å². The Bertz CT molecular complexity index is 537. The van der Waals surface area contributed by atoms with E-state index in [2.05, 4.69) is 25.1 Å². The molecule has 16 heavy (non-hydrogen) atoms. The first-order valence-electron chi connectivity index (χ1n) is 6.04. The smallest absolute Gasteiger partial charge is 0.108 e. The highest BCUT2D eigenvalue weighted by Gasteiger charge is 2.45. The first-order chi connectivity index (χ1) is 7.83. The SMILES string of the molecule is CCCOC1=c2ccccc2=C(N)C2CC12.[HH]. The average molecular weight is 217 g/mol. The number of rotatable bonds is 3. The standard InChI is InChI=1S/C14H17NO.H2/c1-2-7-16-14-10-6-4-3-5-9(10)13(15)11-8-12(11)14;/h3-6,11-12H,2,7-8,15H2,1H3;1H. The quantitative estimate of drug-likeness (QED) is 0.825. The van der Waals surface area contributed by atoms with Gasteiger partial charge >= 0.3 is 0 Å². The first kappa shape index (κ1) is 9.76. The van der Waals surface area contributed by atoms with E-state index in [0.717, 1.165) is 18.7 Å². The van der Waals surface area contributed by atoms with Gasteiger partial charge in [0, 0.05) is 29.4 Å². The number of fused-ring (bicyclic) bond motifs is 2. The molecular weight excluding hydrogens is 198 g/mol. The van der Waals surface area contributed by atoms with Gasteiger partial charge in [-0.3, -0.25) is 0 Å². The molecule has 3 rings (SSSR count). The van der Waals surface area contributed by atoms with Gasteiger partial charge in [0.1, 0.15) is 5.76 Å². The molecule has 0 aliphatic heterocycles. The summed E-state index contributed by atoms with van der Waals surface area (Å²) < 4.78 is 5.91. The van der Waals surface area contributed by atoms with Crippen LogP contribution >= 0.6 is 0 Å². The third-order valence-electron chi connectivity index (χ3n) is 3.49. The molecule has 2 N–H and O–H groups in total. The summed E-state index contributed by atoms with van der Waals surface area (Å²) in [6.07, 6.45) is 2.22. The van der Waals surface area contributed by atoms with Gasteiger partial charge in [-0.25, -0.2) is 0 Å². The van der Waals surface area contributed by atoms with Crippen LogP contribution in [0.1, 0.15) is 21.2 Å². The molecule has 0 radical (unpaired) electrons. The second-order valence-corrected chi connectivity index (χ2v) is 4.66. The van der Waals surface area contributed by atoms with Gasteiger partial charge in [-0.05, 0) is 12.8 Å². The van der Waals surface area contributed by atoms with Crippen LogP contribution < -0.4 is 16.2 Å². The summed E-state index contributed by atoms with van der Waals surface area (Å²) in [4.78, 5) is 0. The van der Waals surface area contributed by atoms with E-state index in [-0.39, 0.29) is 1.43 Å². The number of nitrogens with two attached hydrogens (primary N) is 1. The van der Waals surface area contributed by atoms with Crippen LogP contribution in [-0.4, -0.2) is 6.61 Å². The second-order valence-electron chi connectivity index (χ2n) is 4.66. The highest BCUT2D eigenvalue weighted by molar-refractivity contribution is 5.62.